The second kappa shape index (κ2) is 10.7. The molecule has 1 saturated heterocycles. The maximum Gasteiger partial charge on any atom is 0.293 e. The van der Waals surface area contributed by atoms with E-state index in [1.807, 2.05) is 37.3 Å². The average molecular weight is 441 g/mol. The van der Waals surface area contributed by atoms with Gasteiger partial charge in [0.2, 0.25) is 0 Å². The molecule has 0 saturated carbocycles. The molecule has 2 aromatic rings. The van der Waals surface area contributed by atoms with Crippen molar-refractivity contribution in [2.75, 3.05) is 26.8 Å². The summed E-state index contributed by atoms with van der Waals surface area (Å²) in [7, 11) is 1.58. The van der Waals surface area contributed by atoms with Gasteiger partial charge in [-0.1, -0.05) is 31.2 Å². The van der Waals surface area contributed by atoms with Crippen LogP contribution in [0.2, 0.25) is 0 Å². The van der Waals surface area contributed by atoms with Gasteiger partial charge in [-0.15, -0.1) is 0 Å². The van der Waals surface area contributed by atoms with Crippen LogP contribution in [0, 0.1) is 0 Å². The molecule has 1 heterocycles. The predicted octanol–water partition coefficient (Wildman–Crippen LogP) is 3.49. The van der Waals surface area contributed by atoms with Crippen LogP contribution in [0.4, 0.5) is 4.79 Å². The Labute approximate surface area is 185 Å². The molecule has 1 N–H and O–H groups in total. The number of aryl methyl sites for hydroxylation is 1. The number of carbonyl (C=O) groups is 3. The number of carbonyl (C=O) groups excluding carboxylic acids is 3. The summed E-state index contributed by atoms with van der Waals surface area (Å²) in [6, 6.07) is 14.7. The second-order valence-electron chi connectivity index (χ2n) is 6.75. The standard InChI is InChI=1S/C23H24N2O5S/c1-3-16-5-4-6-19(13-16)30-15-21(26)24-11-12-25-22(27)20(31-23(25)28)14-17-7-9-18(29-2)10-8-17/h4-10,13-14H,3,11-12,15H2,1-2H3,(H,24,26)/b20-14-. The van der Waals surface area contributed by atoms with Crippen LogP contribution in [0.5, 0.6) is 11.5 Å². The van der Waals surface area contributed by atoms with Gasteiger partial charge in [-0.3, -0.25) is 19.3 Å². The number of amides is 3. The van der Waals surface area contributed by atoms with E-state index in [4.69, 9.17) is 9.47 Å². The number of hydrogen-bond donors (Lipinski definition) is 1. The maximum atomic E-state index is 12.5. The fourth-order valence-corrected chi connectivity index (χ4v) is 3.77. The van der Waals surface area contributed by atoms with Crippen LogP contribution in [0.25, 0.3) is 6.08 Å². The molecular formula is C23H24N2O5S. The monoisotopic (exact) mass is 440 g/mol. The lowest BCUT2D eigenvalue weighted by molar-refractivity contribution is -0.125. The Kier molecular flexibility index (Phi) is 7.72. The largest absolute Gasteiger partial charge is 0.497 e. The second-order valence-corrected chi connectivity index (χ2v) is 7.74. The third-order valence-electron chi connectivity index (χ3n) is 4.62. The molecule has 1 aliphatic rings. The first-order chi connectivity index (χ1) is 15.0. The molecular weight excluding hydrogens is 416 g/mol. The molecule has 0 aliphatic carbocycles. The van der Waals surface area contributed by atoms with Gasteiger partial charge in [-0.05, 0) is 59.7 Å². The minimum absolute atomic E-state index is 0.0989. The van der Waals surface area contributed by atoms with Gasteiger partial charge >= 0.3 is 0 Å². The summed E-state index contributed by atoms with van der Waals surface area (Å²) >= 11 is 0.886. The van der Waals surface area contributed by atoms with Gasteiger partial charge in [0.05, 0.1) is 12.0 Å². The van der Waals surface area contributed by atoms with E-state index >= 15 is 0 Å². The fraction of sp³-hybridized carbons (Fsp3) is 0.261. The van der Waals surface area contributed by atoms with Crippen molar-refractivity contribution < 1.29 is 23.9 Å². The number of nitrogens with one attached hydrogen (secondary N) is 1. The molecule has 2 aromatic carbocycles. The summed E-state index contributed by atoms with van der Waals surface area (Å²) < 4.78 is 10.6. The fourth-order valence-electron chi connectivity index (χ4n) is 2.91. The molecule has 3 amide bonds. The number of benzene rings is 2. The van der Waals surface area contributed by atoms with Crippen molar-refractivity contribution in [3.8, 4) is 11.5 Å². The first-order valence-corrected chi connectivity index (χ1v) is 10.7. The van der Waals surface area contributed by atoms with Crippen molar-refractivity contribution in [1.29, 1.82) is 0 Å². The lowest BCUT2D eigenvalue weighted by Gasteiger charge is -2.13. The van der Waals surface area contributed by atoms with Crippen LogP contribution in [0.3, 0.4) is 0 Å². The van der Waals surface area contributed by atoms with Crippen LogP contribution >= 0.6 is 11.8 Å². The van der Waals surface area contributed by atoms with Crippen molar-refractivity contribution >= 4 is 34.9 Å². The summed E-state index contributed by atoms with van der Waals surface area (Å²) in [5.74, 6) is 0.655. The summed E-state index contributed by atoms with van der Waals surface area (Å²) in [5, 5.41) is 2.32. The third-order valence-corrected chi connectivity index (χ3v) is 5.53. The van der Waals surface area contributed by atoms with E-state index in [-0.39, 0.29) is 36.7 Å². The molecule has 0 aromatic heterocycles. The summed E-state index contributed by atoms with van der Waals surface area (Å²) in [6.07, 6.45) is 2.55. The summed E-state index contributed by atoms with van der Waals surface area (Å²) in [6.45, 7) is 2.17. The molecule has 0 radical (unpaired) electrons. The quantitative estimate of drug-likeness (QED) is 0.601. The SMILES string of the molecule is CCc1cccc(OCC(=O)NCCN2C(=O)S/C(=C\c3ccc(OC)cc3)C2=O)c1. The number of ether oxygens (including phenoxy) is 2. The van der Waals surface area contributed by atoms with Gasteiger partial charge in [0.1, 0.15) is 11.5 Å². The molecule has 162 valence electrons. The van der Waals surface area contributed by atoms with Gasteiger partial charge in [0.15, 0.2) is 6.61 Å². The highest BCUT2D eigenvalue weighted by molar-refractivity contribution is 8.18. The Balaban J connectivity index is 1.47. The number of hydrogen-bond acceptors (Lipinski definition) is 6. The van der Waals surface area contributed by atoms with Gasteiger partial charge < -0.3 is 14.8 Å². The van der Waals surface area contributed by atoms with E-state index in [2.05, 4.69) is 5.32 Å². The number of methoxy groups -OCH3 is 1. The van der Waals surface area contributed by atoms with Crippen LogP contribution in [-0.2, 0) is 16.0 Å². The van der Waals surface area contributed by atoms with Crippen LogP contribution < -0.4 is 14.8 Å². The van der Waals surface area contributed by atoms with Crippen LogP contribution in [0.1, 0.15) is 18.1 Å². The normalized spacial score (nSPS) is 14.8. The van der Waals surface area contributed by atoms with Crippen molar-refractivity contribution in [2.45, 2.75) is 13.3 Å². The summed E-state index contributed by atoms with van der Waals surface area (Å²) in [4.78, 5) is 38.2. The Morgan fingerprint density at radius 1 is 1.13 bits per heavy atom. The number of imide groups is 1. The first kappa shape index (κ1) is 22.4. The van der Waals surface area contributed by atoms with Crippen LogP contribution in [0.15, 0.2) is 53.4 Å². The number of thioether (sulfide) groups is 1. The third kappa shape index (κ3) is 6.11. The average Bonchev–Trinajstić information content (AvgIpc) is 3.05. The lowest BCUT2D eigenvalue weighted by atomic mass is 10.2. The number of nitrogens with zero attached hydrogens (tertiary/aromatic N) is 1. The van der Waals surface area contributed by atoms with Gasteiger partial charge in [-0.2, -0.15) is 0 Å². The lowest BCUT2D eigenvalue weighted by Crippen LogP contribution is -2.38. The zero-order chi connectivity index (χ0) is 22.2. The topological polar surface area (TPSA) is 84.9 Å². The highest BCUT2D eigenvalue weighted by Crippen LogP contribution is 2.32. The smallest absolute Gasteiger partial charge is 0.293 e. The van der Waals surface area contributed by atoms with Gasteiger partial charge in [0, 0.05) is 13.1 Å². The van der Waals surface area contributed by atoms with E-state index in [1.165, 1.54) is 0 Å². The minimum Gasteiger partial charge on any atom is -0.497 e. The van der Waals surface area contributed by atoms with E-state index in [0.29, 0.717) is 16.4 Å². The Morgan fingerprint density at radius 2 is 1.90 bits per heavy atom. The molecule has 0 bridgehead atoms. The zero-order valence-electron chi connectivity index (χ0n) is 17.4. The molecule has 8 heteroatoms. The highest BCUT2D eigenvalue weighted by Gasteiger charge is 2.34. The van der Waals surface area contributed by atoms with E-state index in [9.17, 15) is 14.4 Å². The Hall–Kier alpha value is -3.26. The molecule has 7 nitrogen and oxygen atoms in total. The minimum atomic E-state index is -0.368. The van der Waals surface area contributed by atoms with E-state index < -0.39 is 0 Å². The van der Waals surface area contributed by atoms with Gasteiger partial charge in [0.25, 0.3) is 17.1 Å². The molecule has 1 fully saturated rings. The molecule has 1 aliphatic heterocycles. The van der Waals surface area contributed by atoms with Crippen molar-refractivity contribution in [3.05, 3.63) is 64.6 Å². The number of rotatable bonds is 9. The van der Waals surface area contributed by atoms with Crippen molar-refractivity contribution in [1.82, 2.24) is 10.2 Å². The predicted molar refractivity (Wildman–Crippen MR) is 120 cm³/mol. The van der Waals surface area contributed by atoms with Crippen molar-refractivity contribution in [2.24, 2.45) is 0 Å². The first-order valence-electron chi connectivity index (χ1n) is 9.88. The molecule has 3 rings (SSSR count). The highest BCUT2D eigenvalue weighted by atomic mass is 32.2. The molecule has 0 spiro atoms. The van der Waals surface area contributed by atoms with Gasteiger partial charge in [-0.25, -0.2) is 0 Å². The van der Waals surface area contributed by atoms with Crippen molar-refractivity contribution in [3.63, 3.8) is 0 Å². The zero-order valence-corrected chi connectivity index (χ0v) is 18.2. The van der Waals surface area contributed by atoms with E-state index in [1.54, 1.807) is 31.4 Å². The molecule has 0 unspecified atom stereocenters. The summed E-state index contributed by atoms with van der Waals surface area (Å²) in [5.41, 5.74) is 1.92. The Bertz CT molecular complexity index is 988. The molecule has 31 heavy (non-hydrogen) atoms. The maximum absolute atomic E-state index is 12.5. The Morgan fingerprint density at radius 3 is 2.61 bits per heavy atom. The molecule has 0 atom stereocenters. The van der Waals surface area contributed by atoms with Crippen LogP contribution in [-0.4, -0.2) is 48.8 Å². The van der Waals surface area contributed by atoms with E-state index in [0.717, 1.165) is 34.2 Å².